The molecular weight excluding hydrogens is 302 g/mol. The highest BCUT2D eigenvalue weighted by Crippen LogP contribution is 2.23. The summed E-state index contributed by atoms with van der Waals surface area (Å²) in [6, 6.07) is 1.62. The van der Waals surface area contributed by atoms with Crippen molar-refractivity contribution in [1.29, 1.82) is 0 Å². The summed E-state index contributed by atoms with van der Waals surface area (Å²) in [6.07, 6.45) is 3.03. The Morgan fingerprint density at radius 3 is 2.94 bits per heavy atom. The fraction of sp³-hybridized carbons (Fsp3) is 0.500. The van der Waals surface area contributed by atoms with Crippen LogP contribution in [0, 0.1) is 5.92 Å². The van der Waals surface area contributed by atoms with Gasteiger partial charge in [0.15, 0.2) is 4.67 Å². The lowest BCUT2D eigenvalue weighted by Crippen LogP contribution is -2.42. The largest absolute Gasteiger partial charge is 0.469 e. The third-order valence-electron chi connectivity index (χ3n) is 3.09. The molecule has 0 saturated carbocycles. The Hall–Kier alpha value is -1.30. The Bertz CT molecular complexity index is 457. The van der Waals surface area contributed by atoms with Crippen molar-refractivity contribution in [2.24, 2.45) is 5.92 Å². The van der Waals surface area contributed by atoms with E-state index in [9.17, 15) is 9.59 Å². The minimum atomic E-state index is -0.251. The minimum absolute atomic E-state index is 0.121. The molecule has 0 N–H and O–H groups in total. The molecule has 18 heavy (non-hydrogen) atoms. The number of furan rings is 1. The first-order valence-electron chi connectivity index (χ1n) is 5.73. The zero-order valence-electron chi connectivity index (χ0n) is 10.0. The summed E-state index contributed by atoms with van der Waals surface area (Å²) in [4.78, 5) is 25.4. The number of nitrogens with zero attached hydrogens (tertiary/aromatic N) is 1. The van der Waals surface area contributed by atoms with Gasteiger partial charge in [-0.25, -0.2) is 0 Å². The number of piperidine rings is 1. The molecule has 0 radical (unpaired) electrons. The molecule has 98 valence electrons. The van der Waals surface area contributed by atoms with Gasteiger partial charge in [-0.15, -0.1) is 0 Å². The summed E-state index contributed by atoms with van der Waals surface area (Å²) in [7, 11) is 1.37. The SMILES string of the molecule is COC(=O)C1CCCN(C(=O)c2ccoc2Br)C1. The van der Waals surface area contributed by atoms with Crippen LogP contribution in [0.15, 0.2) is 21.4 Å². The molecule has 0 aromatic carbocycles. The number of esters is 1. The average molecular weight is 316 g/mol. The van der Waals surface area contributed by atoms with Gasteiger partial charge in [0.1, 0.15) is 0 Å². The maximum absolute atomic E-state index is 12.2. The lowest BCUT2D eigenvalue weighted by Gasteiger charge is -2.31. The van der Waals surface area contributed by atoms with E-state index in [0.717, 1.165) is 12.8 Å². The fourth-order valence-electron chi connectivity index (χ4n) is 2.14. The zero-order valence-corrected chi connectivity index (χ0v) is 11.6. The minimum Gasteiger partial charge on any atom is -0.469 e. The molecule has 0 aliphatic carbocycles. The van der Waals surface area contributed by atoms with Crippen LogP contribution in [0.25, 0.3) is 0 Å². The monoisotopic (exact) mass is 315 g/mol. The number of rotatable bonds is 2. The van der Waals surface area contributed by atoms with Crippen molar-refractivity contribution in [3.8, 4) is 0 Å². The predicted molar refractivity (Wildman–Crippen MR) is 67.1 cm³/mol. The van der Waals surface area contributed by atoms with E-state index in [4.69, 9.17) is 9.15 Å². The van der Waals surface area contributed by atoms with Gasteiger partial charge in [0.25, 0.3) is 5.91 Å². The Labute approximate surface area is 113 Å². The molecule has 0 spiro atoms. The number of carbonyl (C=O) groups excluding carboxylic acids is 2. The predicted octanol–water partition coefficient (Wildman–Crippen LogP) is 2.07. The van der Waals surface area contributed by atoms with Gasteiger partial charge in [-0.3, -0.25) is 9.59 Å². The second kappa shape index (κ2) is 5.56. The maximum atomic E-state index is 12.2. The number of amides is 1. The van der Waals surface area contributed by atoms with E-state index in [1.165, 1.54) is 13.4 Å². The van der Waals surface area contributed by atoms with Gasteiger partial charge >= 0.3 is 5.97 Å². The van der Waals surface area contributed by atoms with E-state index in [2.05, 4.69) is 15.9 Å². The number of ether oxygens (including phenoxy) is 1. The summed E-state index contributed by atoms with van der Waals surface area (Å²) in [5.74, 6) is -0.596. The summed E-state index contributed by atoms with van der Waals surface area (Å²) in [5.41, 5.74) is 0.487. The first-order chi connectivity index (χ1) is 8.63. The first-order valence-corrected chi connectivity index (χ1v) is 6.53. The Kier molecular flexibility index (Phi) is 4.06. The van der Waals surface area contributed by atoms with Crippen molar-refractivity contribution in [2.45, 2.75) is 12.8 Å². The van der Waals surface area contributed by atoms with Crippen LogP contribution in [0.3, 0.4) is 0 Å². The quantitative estimate of drug-likeness (QED) is 0.784. The van der Waals surface area contributed by atoms with E-state index >= 15 is 0 Å². The second-order valence-corrected chi connectivity index (χ2v) is 4.94. The van der Waals surface area contributed by atoms with Crippen molar-refractivity contribution >= 4 is 27.8 Å². The number of carbonyl (C=O) groups is 2. The standard InChI is InChI=1S/C12H14BrNO4/c1-17-12(16)8-3-2-5-14(7-8)11(15)9-4-6-18-10(9)13/h4,6,8H,2-3,5,7H2,1H3. The maximum Gasteiger partial charge on any atom is 0.310 e. The third-order valence-corrected chi connectivity index (χ3v) is 3.71. The molecule has 1 aliphatic heterocycles. The molecule has 1 fully saturated rings. The molecule has 6 heteroatoms. The van der Waals surface area contributed by atoms with E-state index in [1.54, 1.807) is 11.0 Å². The fourth-order valence-corrected chi connectivity index (χ4v) is 2.55. The van der Waals surface area contributed by atoms with Crippen LogP contribution in [0.4, 0.5) is 0 Å². The average Bonchev–Trinajstić information content (AvgIpc) is 2.83. The molecule has 1 aromatic heterocycles. The van der Waals surface area contributed by atoms with Gasteiger partial charge in [0.2, 0.25) is 0 Å². The van der Waals surface area contributed by atoms with Crippen molar-refractivity contribution in [2.75, 3.05) is 20.2 Å². The van der Waals surface area contributed by atoms with Gasteiger partial charge in [0, 0.05) is 13.1 Å². The topological polar surface area (TPSA) is 59.8 Å². The van der Waals surface area contributed by atoms with Crippen molar-refractivity contribution in [3.05, 3.63) is 22.6 Å². The highest BCUT2D eigenvalue weighted by Gasteiger charge is 2.30. The second-order valence-electron chi connectivity index (χ2n) is 4.22. The Balaban J connectivity index is 2.07. The number of hydrogen-bond donors (Lipinski definition) is 0. The van der Waals surface area contributed by atoms with E-state index < -0.39 is 0 Å². The van der Waals surface area contributed by atoms with Crippen molar-refractivity contribution in [1.82, 2.24) is 4.90 Å². The van der Waals surface area contributed by atoms with Crippen LogP contribution in [-0.4, -0.2) is 37.0 Å². The van der Waals surface area contributed by atoms with Crippen LogP contribution >= 0.6 is 15.9 Å². The normalized spacial score (nSPS) is 19.7. The summed E-state index contributed by atoms with van der Waals surface area (Å²) in [6.45, 7) is 1.06. The highest BCUT2D eigenvalue weighted by molar-refractivity contribution is 9.10. The number of likely N-dealkylation sites (tertiary alicyclic amines) is 1. The van der Waals surface area contributed by atoms with Crippen molar-refractivity contribution < 1.29 is 18.7 Å². The molecule has 2 heterocycles. The summed E-state index contributed by atoms with van der Waals surface area (Å²) < 4.78 is 10.2. The van der Waals surface area contributed by atoms with E-state index in [-0.39, 0.29) is 17.8 Å². The number of hydrogen-bond acceptors (Lipinski definition) is 4. The summed E-state index contributed by atoms with van der Waals surface area (Å²) >= 11 is 3.19. The van der Waals surface area contributed by atoms with E-state index in [1.807, 2.05) is 0 Å². The first kappa shape index (κ1) is 13.1. The molecule has 1 unspecified atom stereocenters. The Morgan fingerprint density at radius 1 is 1.56 bits per heavy atom. The van der Waals surface area contributed by atoms with Gasteiger partial charge in [-0.1, -0.05) is 0 Å². The molecule has 1 aliphatic rings. The van der Waals surface area contributed by atoms with Crippen LogP contribution < -0.4 is 0 Å². The van der Waals surface area contributed by atoms with Crippen LogP contribution in [0.2, 0.25) is 0 Å². The number of halogens is 1. The lowest BCUT2D eigenvalue weighted by molar-refractivity contribution is -0.146. The smallest absolute Gasteiger partial charge is 0.310 e. The molecule has 5 nitrogen and oxygen atoms in total. The van der Waals surface area contributed by atoms with Gasteiger partial charge in [-0.05, 0) is 34.8 Å². The summed E-state index contributed by atoms with van der Waals surface area (Å²) in [5, 5.41) is 0. The van der Waals surface area contributed by atoms with Crippen LogP contribution in [0.1, 0.15) is 23.2 Å². The lowest BCUT2D eigenvalue weighted by atomic mass is 9.98. The van der Waals surface area contributed by atoms with E-state index in [0.29, 0.717) is 23.3 Å². The zero-order chi connectivity index (χ0) is 13.1. The van der Waals surface area contributed by atoms with Gasteiger partial charge < -0.3 is 14.1 Å². The highest BCUT2D eigenvalue weighted by atomic mass is 79.9. The molecule has 2 rings (SSSR count). The molecule has 0 bridgehead atoms. The molecule has 1 amide bonds. The molecular formula is C12H14BrNO4. The van der Waals surface area contributed by atoms with Gasteiger partial charge in [0.05, 0.1) is 24.9 Å². The van der Waals surface area contributed by atoms with Gasteiger partial charge in [-0.2, -0.15) is 0 Å². The molecule has 1 saturated heterocycles. The van der Waals surface area contributed by atoms with Crippen LogP contribution in [0.5, 0.6) is 0 Å². The van der Waals surface area contributed by atoms with Crippen LogP contribution in [-0.2, 0) is 9.53 Å². The Morgan fingerprint density at radius 2 is 2.33 bits per heavy atom. The van der Waals surface area contributed by atoms with Crippen molar-refractivity contribution in [3.63, 3.8) is 0 Å². The molecule has 1 atom stereocenters. The molecule has 1 aromatic rings. The third kappa shape index (κ3) is 2.58. The number of methoxy groups -OCH3 is 1.